The standard InChI is InChI=1S/C17H18ClIN5O3P/c1-9(25)14-20-13-15(21-17(18)22-16(13)24(14)28-19)23(2)8-10-5-6-11(26-3)7-12(10)27-4/h5-7,28H,8H2,1-4H3. The highest BCUT2D eigenvalue weighted by Gasteiger charge is 2.22. The fourth-order valence-corrected chi connectivity index (χ4v) is 4.87. The van der Waals surface area contributed by atoms with E-state index >= 15 is 0 Å². The number of hydrogen-bond donors (Lipinski definition) is 0. The Hall–Kier alpha value is -1.71. The Labute approximate surface area is 181 Å². The summed E-state index contributed by atoms with van der Waals surface area (Å²) in [6.45, 7) is 1.97. The third-order valence-corrected chi connectivity index (χ3v) is 6.33. The van der Waals surface area contributed by atoms with Crippen LogP contribution in [0.4, 0.5) is 5.82 Å². The van der Waals surface area contributed by atoms with E-state index in [0.29, 0.717) is 40.8 Å². The van der Waals surface area contributed by atoms with E-state index in [4.69, 9.17) is 21.1 Å². The molecule has 3 aromatic rings. The highest BCUT2D eigenvalue weighted by molar-refractivity contribution is 14.2. The number of carbonyl (C=O) groups is 1. The van der Waals surface area contributed by atoms with Crippen molar-refractivity contribution < 1.29 is 14.3 Å². The molecule has 148 valence electrons. The smallest absolute Gasteiger partial charge is 0.226 e. The van der Waals surface area contributed by atoms with E-state index < -0.39 is 0 Å². The monoisotopic (exact) mass is 533 g/mol. The molecule has 11 heteroatoms. The zero-order valence-corrected chi connectivity index (χ0v) is 19.6. The number of ketones is 1. The van der Waals surface area contributed by atoms with E-state index in [2.05, 4.69) is 37.0 Å². The van der Waals surface area contributed by atoms with Crippen LogP contribution in [-0.2, 0) is 6.54 Å². The second-order valence-electron chi connectivity index (χ2n) is 5.93. The van der Waals surface area contributed by atoms with Gasteiger partial charge in [0.05, 0.1) is 20.6 Å². The zero-order valence-electron chi connectivity index (χ0n) is 15.7. The highest BCUT2D eigenvalue weighted by atomic mass is 127. The predicted molar refractivity (Wildman–Crippen MR) is 120 cm³/mol. The van der Waals surface area contributed by atoms with Crippen molar-refractivity contribution in [3.05, 3.63) is 34.9 Å². The average Bonchev–Trinajstić information content (AvgIpc) is 3.06. The third kappa shape index (κ3) is 4.01. The SMILES string of the molecule is COc1ccc(CN(C)c2nc(Cl)nc3c2nc(C(C)=O)n3PI)c(OC)c1. The van der Waals surface area contributed by atoms with Gasteiger partial charge in [-0.3, -0.25) is 9.13 Å². The van der Waals surface area contributed by atoms with Crippen molar-refractivity contribution in [1.29, 1.82) is 0 Å². The number of fused-ring (bicyclic) bond motifs is 1. The number of rotatable bonds is 7. The molecule has 0 fully saturated rings. The third-order valence-electron chi connectivity index (χ3n) is 4.12. The molecule has 0 aliphatic carbocycles. The molecule has 0 aliphatic rings. The number of carbonyl (C=O) groups excluding carboxylic acids is 1. The molecule has 3 rings (SSSR count). The Balaban J connectivity index is 2.07. The number of hydrogen-bond acceptors (Lipinski definition) is 7. The van der Waals surface area contributed by atoms with E-state index in [-0.39, 0.29) is 17.4 Å². The van der Waals surface area contributed by atoms with E-state index in [9.17, 15) is 4.79 Å². The number of Topliss-reactive ketones (excluding diaryl/α,β-unsaturated/α-hetero) is 1. The van der Waals surface area contributed by atoms with Gasteiger partial charge in [0.25, 0.3) is 0 Å². The van der Waals surface area contributed by atoms with Gasteiger partial charge in [-0.25, -0.2) is 4.98 Å². The first-order chi connectivity index (χ1) is 13.4. The summed E-state index contributed by atoms with van der Waals surface area (Å²) in [7, 11) is 5.09. The lowest BCUT2D eigenvalue weighted by Crippen LogP contribution is -2.19. The normalized spacial score (nSPS) is 11.4. The van der Waals surface area contributed by atoms with E-state index in [0.717, 1.165) is 5.56 Å². The Bertz CT molecular complexity index is 1050. The van der Waals surface area contributed by atoms with Crippen LogP contribution < -0.4 is 14.4 Å². The number of nitrogens with zero attached hydrogens (tertiary/aromatic N) is 5. The van der Waals surface area contributed by atoms with Crippen LogP contribution in [0.1, 0.15) is 23.1 Å². The number of imidazole rings is 1. The quantitative estimate of drug-likeness (QED) is 0.196. The first-order valence-electron chi connectivity index (χ1n) is 8.15. The fraction of sp³-hybridized carbons (Fsp3) is 0.294. The molecular weight excluding hydrogens is 516 g/mol. The largest absolute Gasteiger partial charge is 0.497 e. The summed E-state index contributed by atoms with van der Waals surface area (Å²) in [6, 6.07) is 5.62. The molecule has 0 radical (unpaired) electrons. The topological polar surface area (TPSA) is 82.4 Å². The molecule has 0 saturated heterocycles. The van der Waals surface area contributed by atoms with Crippen molar-refractivity contribution in [2.24, 2.45) is 0 Å². The highest BCUT2D eigenvalue weighted by Crippen LogP contribution is 2.35. The molecule has 0 N–H and O–H groups in total. The average molecular weight is 534 g/mol. The van der Waals surface area contributed by atoms with Gasteiger partial charge in [-0.1, -0.05) is 0 Å². The second kappa shape index (κ2) is 8.75. The Morgan fingerprint density at radius 2 is 2.04 bits per heavy atom. The van der Waals surface area contributed by atoms with Gasteiger partial charge in [0.1, 0.15) is 11.5 Å². The van der Waals surface area contributed by atoms with E-state index in [1.807, 2.05) is 30.1 Å². The Morgan fingerprint density at radius 1 is 1.29 bits per heavy atom. The summed E-state index contributed by atoms with van der Waals surface area (Å²) in [6.07, 6.45) is 0.258. The van der Waals surface area contributed by atoms with Gasteiger partial charge in [0.2, 0.25) is 5.28 Å². The Kier molecular flexibility index (Phi) is 6.57. The molecule has 1 atom stereocenters. The first-order valence-corrected chi connectivity index (χ1v) is 12.6. The maximum atomic E-state index is 12.0. The minimum absolute atomic E-state index is 0.0990. The summed E-state index contributed by atoms with van der Waals surface area (Å²) in [4.78, 5) is 27.0. The molecule has 0 bridgehead atoms. The molecule has 28 heavy (non-hydrogen) atoms. The zero-order chi connectivity index (χ0) is 20.4. The van der Waals surface area contributed by atoms with Gasteiger partial charge < -0.3 is 14.4 Å². The number of aromatic nitrogens is 4. The van der Waals surface area contributed by atoms with Crippen molar-refractivity contribution in [3.8, 4) is 11.5 Å². The van der Waals surface area contributed by atoms with Crippen LogP contribution in [-0.4, -0.2) is 46.3 Å². The molecule has 1 unspecified atom stereocenters. The van der Waals surface area contributed by atoms with Crippen molar-refractivity contribution in [3.63, 3.8) is 0 Å². The lowest BCUT2D eigenvalue weighted by molar-refractivity contribution is 0.100. The van der Waals surface area contributed by atoms with Crippen LogP contribution >= 0.6 is 40.0 Å². The molecule has 8 nitrogen and oxygen atoms in total. The number of ether oxygens (including phenoxy) is 2. The molecule has 0 aliphatic heterocycles. The molecule has 1 aromatic carbocycles. The second-order valence-corrected chi connectivity index (χ2v) is 8.34. The summed E-state index contributed by atoms with van der Waals surface area (Å²) >= 11 is 8.36. The van der Waals surface area contributed by atoms with Gasteiger partial charge in [0.15, 0.2) is 28.6 Å². The summed E-state index contributed by atoms with van der Waals surface area (Å²) in [5, 5.41) is 0.0990. The van der Waals surface area contributed by atoms with Crippen LogP contribution in [0, 0.1) is 0 Å². The van der Waals surface area contributed by atoms with Crippen LogP contribution in [0.15, 0.2) is 18.2 Å². The molecule has 0 amide bonds. The first kappa shape index (κ1) is 21.0. The minimum atomic E-state index is -0.135. The van der Waals surface area contributed by atoms with Crippen molar-refractivity contribution in [2.75, 3.05) is 26.2 Å². The van der Waals surface area contributed by atoms with Crippen molar-refractivity contribution in [1.82, 2.24) is 19.3 Å². The van der Waals surface area contributed by atoms with Gasteiger partial charge in [-0.15, -0.1) is 0 Å². The lowest BCUT2D eigenvalue weighted by Gasteiger charge is -2.20. The number of methoxy groups -OCH3 is 2. The van der Waals surface area contributed by atoms with Gasteiger partial charge >= 0.3 is 0 Å². The summed E-state index contributed by atoms with van der Waals surface area (Å²) in [5.41, 5.74) is 2.02. The van der Waals surface area contributed by atoms with Gasteiger partial charge in [0, 0.05) is 32.1 Å². The molecular formula is C17H18ClIN5O3P. The summed E-state index contributed by atoms with van der Waals surface area (Å²) < 4.78 is 12.5. The Morgan fingerprint density at radius 3 is 2.64 bits per heavy atom. The minimum Gasteiger partial charge on any atom is -0.497 e. The molecule has 2 heterocycles. The molecule has 2 aromatic heterocycles. The molecule has 0 spiro atoms. The van der Waals surface area contributed by atoms with Crippen LogP contribution in [0.5, 0.6) is 11.5 Å². The van der Waals surface area contributed by atoms with E-state index in [1.54, 1.807) is 18.6 Å². The van der Waals surface area contributed by atoms with Crippen molar-refractivity contribution in [2.45, 2.75) is 13.5 Å². The van der Waals surface area contributed by atoms with Crippen LogP contribution in [0.2, 0.25) is 5.28 Å². The number of anilines is 1. The molecule has 0 saturated carbocycles. The van der Waals surface area contributed by atoms with Crippen LogP contribution in [0.3, 0.4) is 0 Å². The predicted octanol–water partition coefficient (Wildman–Crippen LogP) is 4.13. The van der Waals surface area contributed by atoms with Crippen molar-refractivity contribution >= 4 is 62.8 Å². The lowest BCUT2D eigenvalue weighted by atomic mass is 10.1. The van der Waals surface area contributed by atoms with E-state index in [1.165, 1.54) is 6.92 Å². The number of halogens is 2. The van der Waals surface area contributed by atoms with Gasteiger partial charge in [-0.05, 0) is 45.8 Å². The number of benzene rings is 1. The fourth-order valence-electron chi connectivity index (χ4n) is 2.81. The maximum absolute atomic E-state index is 12.0. The van der Waals surface area contributed by atoms with Gasteiger partial charge in [-0.2, -0.15) is 9.97 Å². The summed E-state index contributed by atoms with van der Waals surface area (Å²) in [5.74, 6) is 2.17. The maximum Gasteiger partial charge on any atom is 0.226 e. The van der Waals surface area contributed by atoms with Crippen LogP contribution in [0.25, 0.3) is 11.2 Å².